The van der Waals surface area contributed by atoms with Crippen molar-refractivity contribution in [3.63, 3.8) is 0 Å². The number of nitrogen functional groups attached to an aromatic ring is 1. The molecule has 1 aliphatic carbocycles. The van der Waals surface area contributed by atoms with Gasteiger partial charge in [-0.05, 0) is 49.6 Å². The maximum atomic E-state index is 12.5. The van der Waals surface area contributed by atoms with Gasteiger partial charge in [0.25, 0.3) is 0 Å². The van der Waals surface area contributed by atoms with Gasteiger partial charge in [0.05, 0.1) is 11.1 Å². The van der Waals surface area contributed by atoms with E-state index in [9.17, 15) is 4.79 Å². The fraction of sp³-hybridized carbons (Fsp3) is 0.471. The monoisotopic (exact) mass is 283 g/mol. The maximum Gasteiger partial charge on any atom is 0.235 e. The van der Waals surface area contributed by atoms with Gasteiger partial charge < -0.3 is 16.0 Å². The minimum atomic E-state index is -0.286. The second-order valence-electron chi connectivity index (χ2n) is 6.62. The number of anilines is 2. The van der Waals surface area contributed by atoms with Gasteiger partial charge in [0.15, 0.2) is 0 Å². The predicted molar refractivity (Wildman–Crippen MR) is 85.1 cm³/mol. The van der Waals surface area contributed by atoms with Crippen LogP contribution in [0.2, 0.25) is 0 Å². The van der Waals surface area contributed by atoms with E-state index < -0.39 is 0 Å². The molecule has 21 heavy (non-hydrogen) atoms. The Hall–Kier alpha value is -1.81. The van der Waals surface area contributed by atoms with Crippen LogP contribution >= 0.6 is 0 Å². The summed E-state index contributed by atoms with van der Waals surface area (Å²) in [6.45, 7) is 2.01. The number of nitrogens with zero attached hydrogens (tertiary/aromatic N) is 1. The largest absolute Gasteiger partial charge is 0.399 e. The van der Waals surface area contributed by atoms with Crippen molar-refractivity contribution in [2.75, 3.05) is 31.2 Å². The Morgan fingerprint density at radius 2 is 2.14 bits per heavy atom. The van der Waals surface area contributed by atoms with Crippen molar-refractivity contribution in [3.8, 4) is 0 Å². The van der Waals surface area contributed by atoms with Gasteiger partial charge in [-0.3, -0.25) is 4.79 Å². The summed E-state index contributed by atoms with van der Waals surface area (Å²) in [6, 6.07) is 4.03. The maximum absolute atomic E-state index is 12.5. The third-order valence-electron chi connectivity index (χ3n) is 5.31. The van der Waals surface area contributed by atoms with Gasteiger partial charge in [-0.2, -0.15) is 0 Å². The molecule has 0 bridgehead atoms. The van der Waals surface area contributed by atoms with E-state index in [0.29, 0.717) is 0 Å². The Morgan fingerprint density at radius 3 is 2.76 bits per heavy atom. The van der Waals surface area contributed by atoms with Crippen LogP contribution in [0.1, 0.15) is 36.8 Å². The third-order valence-corrected chi connectivity index (χ3v) is 5.31. The number of nitrogens with one attached hydrogen (secondary N) is 1. The predicted octanol–water partition coefficient (Wildman–Crippen LogP) is 2.36. The first-order valence-electron chi connectivity index (χ1n) is 7.73. The normalized spacial score (nSPS) is 23.5. The second kappa shape index (κ2) is 4.34. The number of hydrogen-bond donors (Lipinski definition) is 2. The molecule has 3 aliphatic rings. The fourth-order valence-corrected chi connectivity index (χ4v) is 3.83. The van der Waals surface area contributed by atoms with Crippen LogP contribution < -0.4 is 11.1 Å². The summed E-state index contributed by atoms with van der Waals surface area (Å²) in [4.78, 5) is 14.7. The van der Waals surface area contributed by atoms with Crippen LogP contribution in [0.3, 0.4) is 0 Å². The van der Waals surface area contributed by atoms with E-state index in [1.807, 2.05) is 12.1 Å². The number of amides is 1. The molecule has 0 aromatic heterocycles. The fourth-order valence-electron chi connectivity index (χ4n) is 3.83. The Kier molecular flexibility index (Phi) is 2.67. The molecule has 4 heteroatoms. The molecular weight excluding hydrogens is 262 g/mol. The van der Waals surface area contributed by atoms with E-state index in [4.69, 9.17) is 5.73 Å². The molecule has 1 spiro atoms. The third kappa shape index (κ3) is 1.75. The van der Waals surface area contributed by atoms with Crippen LogP contribution in [0.4, 0.5) is 11.4 Å². The molecule has 2 heterocycles. The average molecular weight is 283 g/mol. The number of carbonyl (C=O) groups excluding carboxylic acids is 1. The van der Waals surface area contributed by atoms with Crippen molar-refractivity contribution in [2.24, 2.45) is 0 Å². The molecule has 4 rings (SSSR count). The number of carbonyl (C=O) groups is 1. The minimum Gasteiger partial charge on any atom is -0.399 e. The number of hydrogen-bond acceptors (Lipinski definition) is 3. The lowest BCUT2D eigenvalue weighted by Gasteiger charge is -2.36. The highest BCUT2D eigenvalue weighted by Crippen LogP contribution is 2.53. The molecule has 110 valence electrons. The van der Waals surface area contributed by atoms with Crippen molar-refractivity contribution in [2.45, 2.75) is 31.1 Å². The average Bonchev–Trinajstić information content (AvgIpc) is 2.70. The van der Waals surface area contributed by atoms with Crippen molar-refractivity contribution in [1.29, 1.82) is 0 Å². The van der Waals surface area contributed by atoms with E-state index in [-0.39, 0.29) is 11.3 Å². The van der Waals surface area contributed by atoms with Crippen LogP contribution in [-0.4, -0.2) is 30.9 Å². The van der Waals surface area contributed by atoms with E-state index in [1.165, 1.54) is 5.57 Å². The smallest absolute Gasteiger partial charge is 0.235 e. The summed E-state index contributed by atoms with van der Waals surface area (Å²) >= 11 is 0. The Morgan fingerprint density at radius 1 is 1.33 bits per heavy atom. The number of likely N-dealkylation sites (N-methyl/N-ethyl adjacent to an activating group) is 1. The molecule has 4 nitrogen and oxygen atoms in total. The van der Waals surface area contributed by atoms with Crippen molar-refractivity contribution in [1.82, 2.24) is 4.90 Å². The van der Waals surface area contributed by atoms with Gasteiger partial charge in [0.1, 0.15) is 0 Å². The zero-order valence-corrected chi connectivity index (χ0v) is 12.4. The first-order valence-corrected chi connectivity index (χ1v) is 7.73. The van der Waals surface area contributed by atoms with Gasteiger partial charge in [-0.15, -0.1) is 0 Å². The standard InChI is InChI=1S/C17H21N3O/c1-20-7-3-11(4-8-20)13-9-12(18)10-14-15(13)19-16(21)17(14)5-2-6-17/h3,9-10H,2,4-8,18H2,1H3,(H,19,21). The molecule has 0 saturated heterocycles. The van der Waals surface area contributed by atoms with Crippen LogP contribution in [0.25, 0.3) is 5.57 Å². The highest BCUT2D eigenvalue weighted by atomic mass is 16.2. The number of benzene rings is 1. The lowest BCUT2D eigenvalue weighted by molar-refractivity contribution is -0.123. The van der Waals surface area contributed by atoms with Gasteiger partial charge >= 0.3 is 0 Å². The first kappa shape index (κ1) is 12.9. The Balaban J connectivity index is 1.84. The molecule has 1 saturated carbocycles. The zero-order chi connectivity index (χ0) is 14.6. The molecule has 3 N–H and O–H groups in total. The van der Waals surface area contributed by atoms with E-state index in [2.05, 4.69) is 23.3 Å². The summed E-state index contributed by atoms with van der Waals surface area (Å²) in [5.41, 5.74) is 11.2. The zero-order valence-electron chi connectivity index (χ0n) is 12.4. The molecule has 1 fully saturated rings. The van der Waals surface area contributed by atoms with Crippen LogP contribution in [0.15, 0.2) is 18.2 Å². The van der Waals surface area contributed by atoms with Crippen LogP contribution in [0.5, 0.6) is 0 Å². The lowest BCUT2D eigenvalue weighted by Crippen LogP contribution is -2.40. The summed E-state index contributed by atoms with van der Waals surface area (Å²) in [6.07, 6.45) is 6.31. The first-order chi connectivity index (χ1) is 10.1. The number of nitrogens with two attached hydrogens (primary N) is 1. The van der Waals surface area contributed by atoms with Gasteiger partial charge in [0.2, 0.25) is 5.91 Å². The van der Waals surface area contributed by atoms with E-state index >= 15 is 0 Å². The van der Waals surface area contributed by atoms with Crippen LogP contribution in [-0.2, 0) is 10.2 Å². The lowest BCUT2D eigenvalue weighted by atomic mass is 9.65. The molecule has 0 radical (unpaired) electrons. The SMILES string of the molecule is CN1CC=C(c2cc(N)cc3c2NC(=O)C32CCC2)CC1. The summed E-state index contributed by atoms with van der Waals surface area (Å²) in [5, 5.41) is 3.15. The molecule has 1 amide bonds. The molecule has 1 aromatic carbocycles. The summed E-state index contributed by atoms with van der Waals surface area (Å²) in [5.74, 6) is 0.170. The van der Waals surface area contributed by atoms with Gasteiger partial charge in [-0.25, -0.2) is 0 Å². The van der Waals surface area contributed by atoms with Crippen molar-refractivity contribution in [3.05, 3.63) is 29.3 Å². The van der Waals surface area contributed by atoms with E-state index in [0.717, 1.165) is 61.3 Å². The highest BCUT2D eigenvalue weighted by Gasteiger charge is 2.51. The Bertz CT molecular complexity index is 658. The quantitative estimate of drug-likeness (QED) is 0.778. The molecule has 0 atom stereocenters. The highest BCUT2D eigenvalue weighted by molar-refractivity contribution is 6.09. The van der Waals surface area contributed by atoms with Crippen LogP contribution in [0, 0.1) is 0 Å². The molecule has 2 aliphatic heterocycles. The molecule has 1 aromatic rings. The minimum absolute atomic E-state index is 0.170. The van der Waals surface area contributed by atoms with Crippen molar-refractivity contribution >= 4 is 22.9 Å². The van der Waals surface area contributed by atoms with E-state index in [1.54, 1.807) is 0 Å². The Labute approximate surface area is 125 Å². The number of rotatable bonds is 1. The topological polar surface area (TPSA) is 58.4 Å². The van der Waals surface area contributed by atoms with Gasteiger partial charge in [-0.1, -0.05) is 12.5 Å². The summed E-state index contributed by atoms with van der Waals surface area (Å²) in [7, 11) is 2.13. The number of fused-ring (bicyclic) bond motifs is 2. The summed E-state index contributed by atoms with van der Waals surface area (Å²) < 4.78 is 0. The molecular formula is C17H21N3O. The molecule has 0 unspecified atom stereocenters. The second-order valence-corrected chi connectivity index (χ2v) is 6.62. The van der Waals surface area contributed by atoms with Gasteiger partial charge in [0, 0.05) is 24.3 Å². The van der Waals surface area contributed by atoms with Crippen molar-refractivity contribution < 1.29 is 4.79 Å².